The molecule has 0 bridgehead atoms. The van der Waals surface area contributed by atoms with Crippen LogP contribution in [0.3, 0.4) is 0 Å². The molecule has 12 heavy (non-hydrogen) atoms. The zero-order valence-electron chi connectivity index (χ0n) is 6.19. The van der Waals surface area contributed by atoms with Gasteiger partial charge in [-0.1, -0.05) is 18.2 Å². The number of nitrogens with zero attached hydrogens (tertiary/aromatic N) is 1. The molecule has 0 aliphatic carbocycles. The van der Waals surface area contributed by atoms with Gasteiger partial charge in [0, 0.05) is 5.39 Å². The van der Waals surface area contributed by atoms with Gasteiger partial charge in [0.15, 0.2) is 0 Å². The molecule has 0 aliphatic rings. The van der Waals surface area contributed by atoms with Gasteiger partial charge in [-0.05, 0) is 12.1 Å². The number of aromatic nitrogens is 1. The van der Waals surface area contributed by atoms with Crippen molar-refractivity contribution in [1.29, 1.82) is 0 Å². The van der Waals surface area contributed by atoms with Gasteiger partial charge in [-0.2, -0.15) is 0 Å². The summed E-state index contributed by atoms with van der Waals surface area (Å²) in [6.07, 6.45) is 0. The summed E-state index contributed by atoms with van der Waals surface area (Å²) in [6.45, 7) is 0. The van der Waals surface area contributed by atoms with Gasteiger partial charge in [0.05, 0.1) is 11.6 Å². The van der Waals surface area contributed by atoms with E-state index in [1.54, 1.807) is 24.3 Å². The number of benzene rings is 1. The quantitative estimate of drug-likeness (QED) is 0.585. The molecule has 0 atom stereocenters. The van der Waals surface area contributed by atoms with E-state index >= 15 is 0 Å². The van der Waals surface area contributed by atoms with Crippen molar-refractivity contribution in [2.45, 2.75) is 0 Å². The van der Waals surface area contributed by atoms with Crippen LogP contribution in [-0.4, -0.2) is 9.94 Å². The fourth-order valence-electron chi connectivity index (χ4n) is 1.11. The molecule has 3 heteroatoms. The molecule has 1 radical (unpaired) electrons. The van der Waals surface area contributed by atoms with Crippen LogP contribution in [0.4, 0.5) is 0 Å². The zero-order valence-corrected chi connectivity index (χ0v) is 6.19. The minimum Gasteiger partial charge on any atom is -0.425 e. The van der Waals surface area contributed by atoms with Gasteiger partial charge in [0.1, 0.15) is 0 Å². The van der Waals surface area contributed by atoms with Gasteiger partial charge < -0.3 is 5.21 Å². The summed E-state index contributed by atoms with van der Waals surface area (Å²) in [5.74, 6) is 0. The van der Waals surface area contributed by atoms with E-state index in [0.29, 0.717) is 10.2 Å². The fraction of sp³-hybridized carbons (Fsp3) is 0. The minimum absolute atomic E-state index is 0.501. The van der Waals surface area contributed by atoms with Gasteiger partial charge >= 0.3 is 0 Å². The first-order valence-corrected chi connectivity index (χ1v) is 3.51. The largest absolute Gasteiger partial charge is 0.425 e. The maximum Gasteiger partial charge on any atom is 0.291 e. The lowest BCUT2D eigenvalue weighted by Crippen LogP contribution is -2.16. The Morgan fingerprint density at radius 2 is 2.08 bits per heavy atom. The van der Waals surface area contributed by atoms with Crippen LogP contribution < -0.4 is 5.56 Å². The lowest BCUT2D eigenvalue weighted by atomic mass is 10.2. The summed E-state index contributed by atoms with van der Waals surface area (Å²) in [5.41, 5.74) is -0.0325. The second-order valence-electron chi connectivity index (χ2n) is 2.46. The van der Waals surface area contributed by atoms with Crippen molar-refractivity contribution in [1.82, 2.24) is 4.73 Å². The minimum atomic E-state index is -0.534. The van der Waals surface area contributed by atoms with Crippen LogP contribution in [0.1, 0.15) is 0 Å². The van der Waals surface area contributed by atoms with Crippen molar-refractivity contribution in [2.24, 2.45) is 0 Å². The van der Waals surface area contributed by atoms with Crippen LogP contribution >= 0.6 is 0 Å². The second-order valence-corrected chi connectivity index (χ2v) is 2.46. The molecule has 2 rings (SSSR count). The highest BCUT2D eigenvalue weighted by Gasteiger charge is 1.98. The Morgan fingerprint density at radius 1 is 1.33 bits per heavy atom. The van der Waals surface area contributed by atoms with E-state index in [1.807, 2.05) is 6.07 Å². The summed E-state index contributed by atoms with van der Waals surface area (Å²) in [4.78, 5) is 10.9. The first-order chi connectivity index (χ1) is 5.79. The number of hydrogen-bond donors (Lipinski definition) is 1. The van der Waals surface area contributed by atoms with Crippen molar-refractivity contribution in [3.63, 3.8) is 0 Å². The van der Waals surface area contributed by atoms with Crippen molar-refractivity contribution in [2.75, 3.05) is 0 Å². The molecular formula is C9H6NO2. The first-order valence-electron chi connectivity index (χ1n) is 3.51. The number of rotatable bonds is 0. The molecule has 0 unspecified atom stereocenters. The predicted molar refractivity (Wildman–Crippen MR) is 44.2 cm³/mol. The molecule has 0 amide bonds. The number of hydrogen-bond acceptors (Lipinski definition) is 2. The number of pyridine rings is 1. The van der Waals surface area contributed by atoms with E-state index in [2.05, 4.69) is 6.07 Å². The SMILES string of the molecule is O=c1[c]cc2ccccc2n1O. The molecule has 3 nitrogen and oxygen atoms in total. The topological polar surface area (TPSA) is 42.2 Å². The molecule has 0 fully saturated rings. The predicted octanol–water partition coefficient (Wildman–Crippen LogP) is 1.04. The maximum absolute atomic E-state index is 10.9. The monoisotopic (exact) mass is 160 g/mol. The third-order valence-electron chi connectivity index (χ3n) is 1.71. The number of fused-ring (bicyclic) bond motifs is 1. The van der Waals surface area contributed by atoms with E-state index in [0.717, 1.165) is 5.39 Å². The third-order valence-corrected chi connectivity index (χ3v) is 1.71. The van der Waals surface area contributed by atoms with E-state index < -0.39 is 5.56 Å². The summed E-state index contributed by atoms with van der Waals surface area (Å²) in [7, 11) is 0. The van der Waals surface area contributed by atoms with Crippen LogP contribution in [0.15, 0.2) is 35.1 Å². The Hall–Kier alpha value is -1.77. The Morgan fingerprint density at radius 3 is 2.92 bits per heavy atom. The van der Waals surface area contributed by atoms with Gasteiger partial charge in [0.2, 0.25) is 0 Å². The van der Waals surface area contributed by atoms with E-state index in [9.17, 15) is 10.0 Å². The molecule has 0 spiro atoms. The highest BCUT2D eigenvalue weighted by Crippen LogP contribution is 2.08. The van der Waals surface area contributed by atoms with Crippen molar-refractivity contribution in [3.8, 4) is 0 Å². The Bertz CT molecular complexity index is 473. The smallest absolute Gasteiger partial charge is 0.291 e. The van der Waals surface area contributed by atoms with Gasteiger partial charge in [0.25, 0.3) is 5.56 Å². The molecule has 1 N–H and O–H groups in total. The average Bonchev–Trinajstić information content (AvgIpc) is 2.12. The summed E-state index contributed by atoms with van der Waals surface area (Å²) in [6, 6.07) is 11.0. The zero-order chi connectivity index (χ0) is 8.55. The molecular weight excluding hydrogens is 154 g/mol. The normalized spacial score (nSPS) is 10.3. The van der Waals surface area contributed by atoms with Gasteiger partial charge in [-0.25, -0.2) is 0 Å². The van der Waals surface area contributed by atoms with Crippen LogP contribution in [0.5, 0.6) is 0 Å². The Balaban J connectivity index is 3.01. The summed E-state index contributed by atoms with van der Waals surface area (Å²) < 4.78 is 0.593. The molecule has 2 aromatic rings. The Labute approximate surface area is 68.5 Å². The number of para-hydroxylation sites is 1. The van der Waals surface area contributed by atoms with E-state index in [-0.39, 0.29) is 0 Å². The first kappa shape index (κ1) is 6.91. The molecule has 1 aromatic carbocycles. The fourth-order valence-corrected chi connectivity index (χ4v) is 1.11. The van der Waals surface area contributed by atoms with E-state index in [1.165, 1.54) is 0 Å². The third kappa shape index (κ3) is 0.871. The van der Waals surface area contributed by atoms with Gasteiger partial charge in [-0.15, -0.1) is 4.73 Å². The average molecular weight is 160 g/mol. The van der Waals surface area contributed by atoms with Crippen LogP contribution in [-0.2, 0) is 0 Å². The highest BCUT2D eigenvalue weighted by atomic mass is 16.5. The van der Waals surface area contributed by atoms with Crippen molar-refractivity contribution in [3.05, 3.63) is 46.8 Å². The Kier molecular flexibility index (Phi) is 1.37. The van der Waals surface area contributed by atoms with Crippen LogP contribution in [0.25, 0.3) is 10.9 Å². The van der Waals surface area contributed by atoms with Crippen molar-refractivity contribution < 1.29 is 5.21 Å². The van der Waals surface area contributed by atoms with Crippen LogP contribution in [0, 0.1) is 6.07 Å². The molecule has 0 saturated carbocycles. The van der Waals surface area contributed by atoms with E-state index in [4.69, 9.17) is 0 Å². The molecule has 0 aliphatic heterocycles. The molecule has 59 valence electrons. The highest BCUT2D eigenvalue weighted by molar-refractivity contribution is 5.78. The maximum atomic E-state index is 10.9. The standard InChI is InChI=1S/C9H6NO2/c11-9-6-5-7-3-1-2-4-8(7)10(9)12/h1-5,12H. The molecule has 1 aromatic heterocycles. The lowest BCUT2D eigenvalue weighted by molar-refractivity contribution is 0.188. The molecule has 0 saturated heterocycles. The molecule has 1 heterocycles. The lowest BCUT2D eigenvalue weighted by Gasteiger charge is -1.99. The second kappa shape index (κ2) is 2.37. The van der Waals surface area contributed by atoms with Gasteiger partial charge in [-0.3, -0.25) is 4.79 Å². The summed E-state index contributed by atoms with van der Waals surface area (Å²) in [5, 5.41) is 10.0. The van der Waals surface area contributed by atoms with Crippen molar-refractivity contribution >= 4 is 10.9 Å². The van der Waals surface area contributed by atoms with Crippen LogP contribution in [0.2, 0.25) is 0 Å². The summed E-state index contributed by atoms with van der Waals surface area (Å²) >= 11 is 0.